The van der Waals surface area contributed by atoms with E-state index in [2.05, 4.69) is 19.9 Å². The van der Waals surface area contributed by atoms with Crippen LogP contribution >= 0.6 is 0 Å². The molecule has 0 atom stereocenters. The van der Waals surface area contributed by atoms with E-state index in [1.807, 2.05) is 6.07 Å². The highest BCUT2D eigenvalue weighted by atomic mass is 19.3. The lowest BCUT2D eigenvalue weighted by atomic mass is 9.97. The Morgan fingerprint density at radius 2 is 1.83 bits per heavy atom. The summed E-state index contributed by atoms with van der Waals surface area (Å²) in [6, 6.07) is 13.8. The number of halogens is 3. The normalized spacial score (nSPS) is 11.7. The van der Waals surface area contributed by atoms with Crippen LogP contribution in [0.15, 0.2) is 65.3 Å². The standard InChI is InChI=1S/C26H19F3N4O3/c1-26(28,29)20-10-16(25(34)35-3)11-21-22(20)36-24(31-21)15-6-4-5-14(9-15)18-8-7-17(27)12-19(18)23-32-30-13-33(23)2/h4-13H,1-3H3. The number of aromatic nitrogens is 4. The number of benzene rings is 3. The molecule has 2 aromatic heterocycles. The second-order valence-electron chi connectivity index (χ2n) is 8.31. The number of hydrogen-bond donors (Lipinski definition) is 0. The highest BCUT2D eigenvalue weighted by Crippen LogP contribution is 2.38. The minimum atomic E-state index is -3.29. The third kappa shape index (κ3) is 4.10. The molecule has 0 saturated carbocycles. The molecule has 2 heterocycles. The van der Waals surface area contributed by atoms with E-state index in [-0.39, 0.29) is 22.6 Å². The van der Waals surface area contributed by atoms with Crippen molar-refractivity contribution in [1.29, 1.82) is 0 Å². The van der Waals surface area contributed by atoms with Gasteiger partial charge >= 0.3 is 5.97 Å². The maximum atomic E-state index is 14.4. The van der Waals surface area contributed by atoms with E-state index in [1.165, 1.54) is 31.6 Å². The van der Waals surface area contributed by atoms with Crippen molar-refractivity contribution in [3.05, 3.63) is 77.9 Å². The predicted octanol–water partition coefficient (Wildman–Crippen LogP) is 5.99. The maximum absolute atomic E-state index is 14.4. The van der Waals surface area contributed by atoms with Crippen LogP contribution in [0.5, 0.6) is 0 Å². The number of methoxy groups -OCH3 is 1. The first-order valence-corrected chi connectivity index (χ1v) is 10.8. The van der Waals surface area contributed by atoms with E-state index >= 15 is 0 Å². The number of rotatable bonds is 5. The van der Waals surface area contributed by atoms with Gasteiger partial charge in [0.1, 0.15) is 17.7 Å². The summed E-state index contributed by atoms with van der Waals surface area (Å²) in [4.78, 5) is 16.4. The lowest BCUT2D eigenvalue weighted by molar-refractivity contribution is 0.0181. The molecule has 7 nitrogen and oxygen atoms in total. The number of esters is 1. The number of alkyl halides is 2. The van der Waals surface area contributed by atoms with E-state index in [0.29, 0.717) is 35.0 Å². The molecule has 3 aromatic carbocycles. The Balaban J connectivity index is 1.65. The van der Waals surface area contributed by atoms with Crippen molar-refractivity contribution in [3.63, 3.8) is 0 Å². The zero-order chi connectivity index (χ0) is 25.6. The summed E-state index contributed by atoms with van der Waals surface area (Å²) >= 11 is 0. The van der Waals surface area contributed by atoms with Crippen molar-refractivity contribution in [2.45, 2.75) is 12.8 Å². The molecule has 0 fully saturated rings. The van der Waals surface area contributed by atoms with Crippen molar-refractivity contribution in [1.82, 2.24) is 19.7 Å². The third-order valence-electron chi connectivity index (χ3n) is 5.74. The van der Waals surface area contributed by atoms with Crippen molar-refractivity contribution < 1.29 is 27.1 Å². The van der Waals surface area contributed by atoms with Crippen LogP contribution in [0.1, 0.15) is 22.8 Å². The Morgan fingerprint density at radius 1 is 1.06 bits per heavy atom. The molecule has 0 N–H and O–H groups in total. The molecule has 5 rings (SSSR count). The van der Waals surface area contributed by atoms with Gasteiger partial charge < -0.3 is 13.7 Å². The minimum absolute atomic E-state index is 0.0604. The molecule has 0 radical (unpaired) electrons. The molecule has 0 aliphatic rings. The lowest BCUT2D eigenvalue weighted by Crippen LogP contribution is -2.10. The zero-order valence-corrected chi connectivity index (χ0v) is 19.4. The molecule has 0 amide bonds. The summed E-state index contributed by atoms with van der Waals surface area (Å²) in [6.45, 7) is 0.716. The van der Waals surface area contributed by atoms with Gasteiger partial charge in [0.2, 0.25) is 5.89 Å². The number of nitrogens with zero attached hydrogens (tertiary/aromatic N) is 4. The monoisotopic (exact) mass is 492 g/mol. The molecule has 0 unspecified atom stereocenters. The molecule has 182 valence electrons. The highest BCUT2D eigenvalue weighted by Gasteiger charge is 2.31. The molecular formula is C26H19F3N4O3. The van der Waals surface area contributed by atoms with Gasteiger partial charge in [-0.05, 0) is 47.5 Å². The van der Waals surface area contributed by atoms with E-state index in [4.69, 9.17) is 4.42 Å². The largest absolute Gasteiger partial charge is 0.465 e. The summed E-state index contributed by atoms with van der Waals surface area (Å²) in [5, 5.41) is 7.97. The lowest BCUT2D eigenvalue weighted by Gasteiger charge is -2.11. The van der Waals surface area contributed by atoms with Crippen molar-refractivity contribution in [3.8, 4) is 34.0 Å². The van der Waals surface area contributed by atoms with Crippen LogP contribution < -0.4 is 0 Å². The van der Waals surface area contributed by atoms with Crippen LogP contribution in [0.2, 0.25) is 0 Å². The van der Waals surface area contributed by atoms with Gasteiger partial charge in [-0.2, -0.15) is 0 Å². The van der Waals surface area contributed by atoms with Gasteiger partial charge in [-0.3, -0.25) is 0 Å². The SMILES string of the molecule is COC(=O)c1cc(C(C)(F)F)c2oc(-c3cccc(-c4ccc(F)cc4-c4nncn4C)c3)nc2c1. The molecule has 0 bridgehead atoms. The number of aryl methyl sites for hydroxylation is 1. The average Bonchev–Trinajstić information content (AvgIpc) is 3.48. The summed E-state index contributed by atoms with van der Waals surface area (Å²) < 4.78 is 55.0. The number of hydrogen-bond acceptors (Lipinski definition) is 6. The molecular weight excluding hydrogens is 473 g/mol. The fourth-order valence-corrected chi connectivity index (χ4v) is 4.02. The van der Waals surface area contributed by atoms with Crippen LogP contribution in [-0.4, -0.2) is 32.8 Å². The first kappa shape index (κ1) is 23.3. The van der Waals surface area contributed by atoms with Crippen LogP contribution in [0.4, 0.5) is 13.2 Å². The summed E-state index contributed by atoms with van der Waals surface area (Å²) in [6.07, 6.45) is 1.52. The average molecular weight is 492 g/mol. The number of carbonyl (C=O) groups is 1. The summed E-state index contributed by atoms with van der Waals surface area (Å²) in [5.74, 6) is -3.92. The van der Waals surface area contributed by atoms with Crippen LogP contribution in [0.25, 0.3) is 45.1 Å². The first-order chi connectivity index (χ1) is 17.2. The Morgan fingerprint density at radius 3 is 2.53 bits per heavy atom. The van der Waals surface area contributed by atoms with E-state index < -0.39 is 23.3 Å². The Hall–Kier alpha value is -4.47. The molecule has 0 spiro atoms. The highest BCUT2D eigenvalue weighted by molar-refractivity contribution is 5.95. The summed E-state index contributed by atoms with van der Waals surface area (Å²) in [5.41, 5.74) is 1.84. The fourth-order valence-electron chi connectivity index (χ4n) is 4.02. The second-order valence-corrected chi connectivity index (χ2v) is 8.31. The van der Waals surface area contributed by atoms with Crippen molar-refractivity contribution >= 4 is 17.1 Å². The second kappa shape index (κ2) is 8.63. The van der Waals surface area contributed by atoms with E-state index in [1.54, 1.807) is 35.9 Å². The summed E-state index contributed by atoms with van der Waals surface area (Å²) in [7, 11) is 2.92. The molecule has 0 saturated heterocycles. The van der Waals surface area contributed by atoms with Gasteiger partial charge in [0, 0.05) is 25.1 Å². The molecule has 36 heavy (non-hydrogen) atoms. The van der Waals surface area contributed by atoms with Gasteiger partial charge in [-0.1, -0.05) is 18.2 Å². The first-order valence-electron chi connectivity index (χ1n) is 10.8. The van der Waals surface area contributed by atoms with E-state index in [9.17, 15) is 18.0 Å². The molecule has 0 aliphatic heterocycles. The number of carbonyl (C=O) groups excluding carboxylic acids is 1. The number of fused-ring (bicyclic) bond motifs is 1. The molecule has 5 aromatic rings. The Labute approximate surface area is 203 Å². The molecule has 10 heteroatoms. The van der Waals surface area contributed by atoms with Crippen LogP contribution in [-0.2, 0) is 17.7 Å². The van der Waals surface area contributed by atoms with Gasteiger partial charge in [-0.15, -0.1) is 10.2 Å². The Kier molecular flexibility index (Phi) is 5.58. The zero-order valence-electron chi connectivity index (χ0n) is 19.4. The van der Waals surface area contributed by atoms with Gasteiger partial charge in [0.15, 0.2) is 11.4 Å². The fraction of sp³-hybridized carbons (Fsp3) is 0.154. The third-order valence-corrected chi connectivity index (χ3v) is 5.74. The minimum Gasteiger partial charge on any atom is -0.465 e. The van der Waals surface area contributed by atoms with E-state index in [0.717, 1.165) is 6.07 Å². The maximum Gasteiger partial charge on any atom is 0.337 e. The topological polar surface area (TPSA) is 83.0 Å². The van der Waals surface area contributed by atoms with Gasteiger partial charge in [0.05, 0.1) is 18.2 Å². The Bertz CT molecular complexity index is 1620. The van der Waals surface area contributed by atoms with Crippen LogP contribution in [0.3, 0.4) is 0 Å². The van der Waals surface area contributed by atoms with Crippen LogP contribution in [0, 0.1) is 5.82 Å². The van der Waals surface area contributed by atoms with Crippen molar-refractivity contribution in [2.75, 3.05) is 7.11 Å². The van der Waals surface area contributed by atoms with Crippen molar-refractivity contribution in [2.24, 2.45) is 7.05 Å². The van der Waals surface area contributed by atoms with Gasteiger partial charge in [0.25, 0.3) is 5.92 Å². The van der Waals surface area contributed by atoms with Gasteiger partial charge in [-0.25, -0.2) is 22.9 Å². The number of oxazole rings is 1. The predicted molar refractivity (Wildman–Crippen MR) is 126 cm³/mol. The number of ether oxygens (including phenoxy) is 1. The molecule has 0 aliphatic carbocycles. The smallest absolute Gasteiger partial charge is 0.337 e. The quantitative estimate of drug-likeness (QED) is 0.280.